The molecule has 0 aromatic carbocycles. The van der Waals surface area contributed by atoms with E-state index in [1.807, 2.05) is 0 Å². The summed E-state index contributed by atoms with van der Waals surface area (Å²) in [5, 5.41) is 3.24. The van der Waals surface area contributed by atoms with Crippen molar-refractivity contribution in [3.63, 3.8) is 0 Å². The highest BCUT2D eigenvalue weighted by Gasteiger charge is 2.18. The fourth-order valence-corrected chi connectivity index (χ4v) is 3.49. The van der Waals surface area contributed by atoms with Crippen LogP contribution in [0.2, 0.25) is 0 Å². The molecule has 25 heavy (non-hydrogen) atoms. The molecule has 2 aromatic rings. The molecular weight excluding hydrogens is 414 g/mol. The highest BCUT2D eigenvalue weighted by molar-refractivity contribution is 9.11. The zero-order valence-electron chi connectivity index (χ0n) is 13.5. The lowest BCUT2D eigenvalue weighted by molar-refractivity contribution is -0.120. The smallest absolute Gasteiger partial charge is 0.327 e. The summed E-state index contributed by atoms with van der Waals surface area (Å²) in [4.78, 5) is 40.7. The third kappa shape index (κ3) is 3.21. The van der Waals surface area contributed by atoms with Crippen LogP contribution in [0.15, 0.2) is 37.2 Å². The number of carbonyl (C=O) groups excluding carboxylic acids is 1. The third-order valence-corrected chi connectivity index (χ3v) is 4.97. The van der Waals surface area contributed by atoms with E-state index in [1.165, 1.54) is 29.6 Å². The van der Waals surface area contributed by atoms with Crippen molar-refractivity contribution in [2.75, 3.05) is 0 Å². The number of aryl methyl sites for hydroxylation is 1. The molecule has 1 N–H and O–H groups in total. The number of halogens is 2. The van der Waals surface area contributed by atoms with Crippen LogP contribution in [-0.2, 0) is 25.4 Å². The molecule has 1 aliphatic carbocycles. The second kappa shape index (κ2) is 6.64. The van der Waals surface area contributed by atoms with Crippen molar-refractivity contribution >= 4 is 44.6 Å². The van der Waals surface area contributed by atoms with Crippen LogP contribution in [0, 0.1) is 0 Å². The van der Waals surface area contributed by atoms with Crippen LogP contribution >= 0.6 is 27.5 Å². The molecule has 0 atom stereocenters. The standard InChI is InChI=1S/C15H15BrClN5O3/c1-20-13-12(14(24)21(2)15(20)25)22(7-18-13)6-11(23)19-10-4-3-8(16)5-9(10)17/h5,7H,3-4,6H2,1-2H3,(H,19,23). The molecule has 8 nitrogen and oxygen atoms in total. The molecule has 1 aliphatic rings. The van der Waals surface area contributed by atoms with Gasteiger partial charge in [0.15, 0.2) is 11.2 Å². The molecule has 0 saturated heterocycles. The van der Waals surface area contributed by atoms with Gasteiger partial charge in [0.2, 0.25) is 5.91 Å². The van der Waals surface area contributed by atoms with Gasteiger partial charge in [-0.05, 0) is 23.4 Å². The maximum Gasteiger partial charge on any atom is 0.332 e. The first kappa shape index (κ1) is 17.7. The molecule has 0 unspecified atom stereocenters. The first-order chi connectivity index (χ1) is 11.8. The Kier molecular flexibility index (Phi) is 4.70. The van der Waals surface area contributed by atoms with Crippen LogP contribution in [0.5, 0.6) is 0 Å². The SMILES string of the molecule is Cn1c(=O)c2c(ncn2CC(=O)NC2=C(Cl)C=C(Br)CC2)n(C)c1=O. The number of amides is 1. The van der Waals surface area contributed by atoms with Crippen LogP contribution in [0.1, 0.15) is 12.8 Å². The first-order valence-corrected chi connectivity index (χ1v) is 8.62. The van der Waals surface area contributed by atoms with Gasteiger partial charge in [-0.2, -0.15) is 0 Å². The Bertz CT molecular complexity index is 1060. The number of aromatic nitrogens is 4. The van der Waals surface area contributed by atoms with E-state index in [4.69, 9.17) is 11.6 Å². The zero-order valence-corrected chi connectivity index (χ0v) is 15.9. The Morgan fingerprint density at radius 2 is 2.04 bits per heavy atom. The number of rotatable bonds is 3. The number of allylic oxidation sites excluding steroid dienone is 4. The van der Waals surface area contributed by atoms with Crippen molar-refractivity contribution < 1.29 is 4.79 Å². The molecule has 132 valence electrons. The summed E-state index contributed by atoms with van der Waals surface area (Å²) < 4.78 is 4.66. The molecule has 3 rings (SSSR count). The maximum atomic E-state index is 12.4. The van der Waals surface area contributed by atoms with Crippen molar-refractivity contribution in [1.82, 2.24) is 24.0 Å². The number of carbonyl (C=O) groups is 1. The minimum Gasteiger partial charge on any atom is -0.327 e. The predicted octanol–water partition coefficient (Wildman–Crippen LogP) is 1.07. The van der Waals surface area contributed by atoms with Gasteiger partial charge < -0.3 is 9.88 Å². The lowest BCUT2D eigenvalue weighted by Crippen LogP contribution is -2.38. The van der Waals surface area contributed by atoms with E-state index in [0.29, 0.717) is 17.2 Å². The monoisotopic (exact) mass is 427 g/mol. The van der Waals surface area contributed by atoms with E-state index in [2.05, 4.69) is 26.2 Å². The van der Waals surface area contributed by atoms with E-state index in [0.717, 1.165) is 15.5 Å². The lowest BCUT2D eigenvalue weighted by atomic mass is 10.1. The molecule has 0 spiro atoms. The van der Waals surface area contributed by atoms with Gasteiger partial charge >= 0.3 is 5.69 Å². The fourth-order valence-electron chi connectivity index (χ4n) is 2.66. The Labute approximate surface area is 155 Å². The van der Waals surface area contributed by atoms with Gasteiger partial charge in [-0.1, -0.05) is 27.5 Å². The van der Waals surface area contributed by atoms with Crippen molar-refractivity contribution in [2.24, 2.45) is 14.1 Å². The Morgan fingerprint density at radius 3 is 2.72 bits per heavy atom. The summed E-state index contributed by atoms with van der Waals surface area (Å²) in [5.74, 6) is -0.324. The van der Waals surface area contributed by atoms with Gasteiger partial charge in [-0.3, -0.25) is 18.7 Å². The molecule has 0 bridgehead atoms. The minimum absolute atomic E-state index is 0.109. The summed E-state index contributed by atoms with van der Waals surface area (Å²) in [6.07, 6.45) is 4.49. The molecule has 0 fully saturated rings. The highest BCUT2D eigenvalue weighted by atomic mass is 79.9. The zero-order chi connectivity index (χ0) is 18.3. The molecular formula is C15H15BrClN5O3. The van der Waals surface area contributed by atoms with Crippen molar-refractivity contribution in [3.8, 4) is 0 Å². The van der Waals surface area contributed by atoms with Gasteiger partial charge in [0, 0.05) is 19.8 Å². The Balaban J connectivity index is 1.92. The van der Waals surface area contributed by atoms with Gasteiger partial charge in [0.1, 0.15) is 6.54 Å². The molecule has 0 radical (unpaired) electrons. The Hall–Kier alpha value is -2.13. The summed E-state index contributed by atoms with van der Waals surface area (Å²) in [5.41, 5.74) is 0.113. The molecule has 1 amide bonds. The van der Waals surface area contributed by atoms with Crippen LogP contribution in [0.4, 0.5) is 0 Å². The number of nitrogens with one attached hydrogen (secondary N) is 1. The number of nitrogens with zero attached hydrogens (tertiary/aromatic N) is 4. The minimum atomic E-state index is -0.495. The van der Waals surface area contributed by atoms with E-state index < -0.39 is 11.2 Å². The fraction of sp³-hybridized carbons (Fsp3) is 0.333. The maximum absolute atomic E-state index is 12.4. The number of hydrogen-bond acceptors (Lipinski definition) is 4. The molecule has 10 heteroatoms. The second-order valence-electron chi connectivity index (χ2n) is 5.72. The van der Waals surface area contributed by atoms with E-state index in [9.17, 15) is 14.4 Å². The molecule has 0 aliphatic heterocycles. The second-order valence-corrected chi connectivity index (χ2v) is 7.14. The average molecular weight is 429 g/mol. The summed E-state index contributed by atoms with van der Waals surface area (Å²) in [6.45, 7) is -0.109. The van der Waals surface area contributed by atoms with Gasteiger partial charge in [0.05, 0.1) is 11.4 Å². The molecule has 0 saturated carbocycles. The quantitative estimate of drug-likeness (QED) is 0.792. The van der Waals surface area contributed by atoms with E-state index in [-0.39, 0.29) is 23.6 Å². The average Bonchev–Trinajstić information content (AvgIpc) is 2.97. The highest BCUT2D eigenvalue weighted by Crippen LogP contribution is 2.28. The molecule has 2 aromatic heterocycles. The van der Waals surface area contributed by atoms with Crippen molar-refractivity contribution in [3.05, 3.63) is 48.5 Å². The number of imidazole rings is 1. The van der Waals surface area contributed by atoms with Gasteiger partial charge in [-0.25, -0.2) is 9.78 Å². The van der Waals surface area contributed by atoms with Crippen LogP contribution in [-0.4, -0.2) is 24.6 Å². The summed E-state index contributed by atoms with van der Waals surface area (Å²) in [7, 11) is 2.91. The normalized spacial score (nSPS) is 14.8. The predicted molar refractivity (Wildman–Crippen MR) is 97.5 cm³/mol. The van der Waals surface area contributed by atoms with Crippen LogP contribution in [0.25, 0.3) is 11.2 Å². The van der Waals surface area contributed by atoms with Gasteiger partial charge in [-0.15, -0.1) is 0 Å². The van der Waals surface area contributed by atoms with Crippen molar-refractivity contribution in [2.45, 2.75) is 19.4 Å². The summed E-state index contributed by atoms with van der Waals surface area (Å²) >= 11 is 9.51. The summed E-state index contributed by atoms with van der Waals surface area (Å²) in [6, 6.07) is 0. The van der Waals surface area contributed by atoms with Crippen LogP contribution < -0.4 is 16.6 Å². The third-order valence-electron chi connectivity index (χ3n) is 4.01. The topological polar surface area (TPSA) is 90.9 Å². The number of fused-ring (bicyclic) bond motifs is 1. The van der Waals surface area contributed by atoms with Gasteiger partial charge in [0.25, 0.3) is 5.56 Å². The number of hydrogen-bond donors (Lipinski definition) is 1. The van der Waals surface area contributed by atoms with E-state index >= 15 is 0 Å². The first-order valence-electron chi connectivity index (χ1n) is 7.45. The Morgan fingerprint density at radius 1 is 1.32 bits per heavy atom. The van der Waals surface area contributed by atoms with Crippen LogP contribution in [0.3, 0.4) is 0 Å². The van der Waals surface area contributed by atoms with E-state index in [1.54, 1.807) is 6.08 Å². The lowest BCUT2D eigenvalue weighted by Gasteiger charge is -2.15. The molecule has 2 heterocycles. The largest absolute Gasteiger partial charge is 0.332 e. The van der Waals surface area contributed by atoms with Crippen molar-refractivity contribution in [1.29, 1.82) is 0 Å².